The lowest BCUT2D eigenvalue weighted by Crippen LogP contribution is -2.30. The van der Waals surface area contributed by atoms with E-state index in [1.54, 1.807) is 11.8 Å². The maximum atomic E-state index is 5.83. The van der Waals surface area contributed by atoms with Gasteiger partial charge in [0.15, 0.2) is 0 Å². The number of piperidine rings is 1. The molecular weight excluding hydrogens is 228 g/mol. The van der Waals surface area contributed by atoms with Crippen molar-refractivity contribution in [3.05, 3.63) is 23.4 Å². The Morgan fingerprint density at radius 3 is 3.20 bits per heavy atom. The van der Waals surface area contributed by atoms with Crippen molar-refractivity contribution in [2.45, 2.75) is 17.9 Å². The van der Waals surface area contributed by atoms with Gasteiger partial charge in [-0.25, -0.2) is 4.98 Å². The fraction of sp³-hybridized carbons (Fsp3) is 0.545. The molecule has 1 saturated heterocycles. The minimum atomic E-state index is 0.585. The van der Waals surface area contributed by atoms with E-state index < -0.39 is 0 Å². The van der Waals surface area contributed by atoms with Gasteiger partial charge in [-0.15, -0.1) is 11.8 Å². The van der Waals surface area contributed by atoms with Gasteiger partial charge in [0.25, 0.3) is 0 Å². The van der Waals surface area contributed by atoms with E-state index in [-0.39, 0.29) is 0 Å². The standard InChI is InChI=1S/C11H15ClN2S/c12-10-4-1-5-11(14-10)15-8-9-3-2-6-13-7-9/h1,4-5,9,13H,2-3,6-8H2. The second kappa shape index (κ2) is 5.73. The van der Waals surface area contributed by atoms with Crippen LogP contribution in [0.4, 0.5) is 0 Å². The predicted octanol–water partition coefficient (Wildman–Crippen LogP) is 2.83. The second-order valence-electron chi connectivity index (χ2n) is 3.82. The van der Waals surface area contributed by atoms with Gasteiger partial charge < -0.3 is 5.32 Å². The van der Waals surface area contributed by atoms with Gasteiger partial charge in [-0.2, -0.15) is 0 Å². The molecule has 1 N–H and O–H groups in total. The van der Waals surface area contributed by atoms with E-state index in [0.717, 1.165) is 23.2 Å². The van der Waals surface area contributed by atoms with Crippen molar-refractivity contribution in [2.24, 2.45) is 5.92 Å². The van der Waals surface area contributed by atoms with Crippen molar-refractivity contribution in [1.82, 2.24) is 10.3 Å². The molecule has 0 amide bonds. The summed E-state index contributed by atoms with van der Waals surface area (Å²) in [6.07, 6.45) is 2.63. The van der Waals surface area contributed by atoms with Gasteiger partial charge in [0.05, 0.1) is 5.03 Å². The van der Waals surface area contributed by atoms with Crippen LogP contribution in [0.5, 0.6) is 0 Å². The number of nitrogens with one attached hydrogen (secondary N) is 1. The van der Waals surface area contributed by atoms with Crippen molar-refractivity contribution >= 4 is 23.4 Å². The van der Waals surface area contributed by atoms with Crippen LogP contribution in [0.25, 0.3) is 0 Å². The van der Waals surface area contributed by atoms with E-state index in [2.05, 4.69) is 10.3 Å². The number of pyridine rings is 1. The van der Waals surface area contributed by atoms with Crippen LogP contribution in [0.2, 0.25) is 5.15 Å². The van der Waals surface area contributed by atoms with Gasteiger partial charge in [-0.3, -0.25) is 0 Å². The molecule has 2 rings (SSSR count). The Bertz CT molecular complexity index is 313. The summed E-state index contributed by atoms with van der Waals surface area (Å²) in [4.78, 5) is 4.27. The van der Waals surface area contributed by atoms with Gasteiger partial charge in [0, 0.05) is 5.75 Å². The highest BCUT2D eigenvalue weighted by atomic mass is 35.5. The van der Waals surface area contributed by atoms with Crippen LogP contribution in [0.1, 0.15) is 12.8 Å². The number of thioether (sulfide) groups is 1. The minimum absolute atomic E-state index is 0.585. The molecule has 0 bridgehead atoms. The van der Waals surface area contributed by atoms with E-state index in [9.17, 15) is 0 Å². The van der Waals surface area contributed by atoms with Crippen molar-refractivity contribution < 1.29 is 0 Å². The summed E-state index contributed by atoms with van der Waals surface area (Å²) in [7, 11) is 0. The fourth-order valence-electron chi connectivity index (χ4n) is 1.74. The fourth-order valence-corrected chi connectivity index (χ4v) is 2.98. The average molecular weight is 243 g/mol. The summed E-state index contributed by atoms with van der Waals surface area (Å²) in [6.45, 7) is 2.32. The van der Waals surface area contributed by atoms with Crippen LogP contribution in [0.3, 0.4) is 0 Å². The maximum Gasteiger partial charge on any atom is 0.130 e. The zero-order chi connectivity index (χ0) is 10.5. The quantitative estimate of drug-likeness (QED) is 0.652. The van der Waals surface area contributed by atoms with Crippen LogP contribution in [0.15, 0.2) is 23.2 Å². The third kappa shape index (κ3) is 3.67. The highest BCUT2D eigenvalue weighted by Gasteiger charge is 2.13. The third-order valence-corrected chi connectivity index (χ3v) is 3.93. The lowest BCUT2D eigenvalue weighted by Gasteiger charge is -2.21. The number of nitrogens with zero attached hydrogens (tertiary/aromatic N) is 1. The second-order valence-corrected chi connectivity index (χ2v) is 5.25. The van der Waals surface area contributed by atoms with Crippen LogP contribution >= 0.6 is 23.4 Å². The molecule has 0 spiro atoms. The van der Waals surface area contributed by atoms with Gasteiger partial charge in [0.1, 0.15) is 5.15 Å². The molecule has 0 radical (unpaired) electrons. The number of halogens is 1. The first-order chi connectivity index (χ1) is 7.34. The van der Waals surface area contributed by atoms with Crippen molar-refractivity contribution in [3.63, 3.8) is 0 Å². The van der Waals surface area contributed by atoms with E-state index >= 15 is 0 Å². The summed E-state index contributed by atoms with van der Waals surface area (Å²) in [5.74, 6) is 1.92. The highest BCUT2D eigenvalue weighted by molar-refractivity contribution is 7.99. The molecule has 1 aromatic rings. The van der Waals surface area contributed by atoms with Crippen LogP contribution < -0.4 is 5.32 Å². The smallest absolute Gasteiger partial charge is 0.130 e. The molecule has 1 aliphatic heterocycles. The van der Waals surface area contributed by atoms with E-state index in [0.29, 0.717) is 5.15 Å². The largest absolute Gasteiger partial charge is 0.316 e. The molecule has 82 valence electrons. The SMILES string of the molecule is Clc1cccc(SCC2CCCNC2)n1. The van der Waals surface area contributed by atoms with Crippen LogP contribution in [-0.2, 0) is 0 Å². The Balaban J connectivity index is 1.81. The Kier molecular flexibility index (Phi) is 4.29. The molecule has 1 fully saturated rings. The summed E-state index contributed by atoms with van der Waals surface area (Å²) < 4.78 is 0. The van der Waals surface area contributed by atoms with Crippen LogP contribution in [-0.4, -0.2) is 23.8 Å². The number of rotatable bonds is 3. The lowest BCUT2D eigenvalue weighted by molar-refractivity contribution is 0.410. The number of hydrogen-bond acceptors (Lipinski definition) is 3. The Hall–Kier alpha value is -0.250. The zero-order valence-electron chi connectivity index (χ0n) is 8.58. The molecular formula is C11H15ClN2S. The van der Waals surface area contributed by atoms with Gasteiger partial charge >= 0.3 is 0 Å². The first-order valence-electron chi connectivity index (χ1n) is 5.30. The number of hydrogen-bond donors (Lipinski definition) is 1. The molecule has 0 aliphatic carbocycles. The zero-order valence-corrected chi connectivity index (χ0v) is 10.2. The Labute approximate surface area is 99.8 Å². The molecule has 2 nitrogen and oxygen atoms in total. The summed E-state index contributed by atoms with van der Waals surface area (Å²) in [5.41, 5.74) is 0. The summed E-state index contributed by atoms with van der Waals surface area (Å²) in [6, 6.07) is 5.79. The highest BCUT2D eigenvalue weighted by Crippen LogP contribution is 2.23. The van der Waals surface area contributed by atoms with E-state index in [1.165, 1.54) is 19.4 Å². The minimum Gasteiger partial charge on any atom is -0.316 e. The molecule has 0 saturated carbocycles. The van der Waals surface area contributed by atoms with Crippen molar-refractivity contribution in [3.8, 4) is 0 Å². The molecule has 1 unspecified atom stereocenters. The summed E-state index contributed by atoms with van der Waals surface area (Å²) >= 11 is 7.64. The Morgan fingerprint density at radius 1 is 1.53 bits per heavy atom. The van der Waals surface area contributed by atoms with Crippen LogP contribution in [0, 0.1) is 5.92 Å². The monoisotopic (exact) mass is 242 g/mol. The number of aromatic nitrogens is 1. The molecule has 4 heteroatoms. The van der Waals surface area contributed by atoms with Crippen molar-refractivity contribution in [2.75, 3.05) is 18.8 Å². The molecule has 1 atom stereocenters. The molecule has 2 heterocycles. The first-order valence-corrected chi connectivity index (χ1v) is 6.67. The van der Waals surface area contributed by atoms with E-state index in [1.807, 2.05) is 18.2 Å². The summed E-state index contributed by atoms with van der Waals surface area (Å²) in [5, 5.41) is 5.04. The Morgan fingerprint density at radius 2 is 2.47 bits per heavy atom. The lowest BCUT2D eigenvalue weighted by atomic mass is 10.0. The third-order valence-electron chi connectivity index (χ3n) is 2.56. The molecule has 15 heavy (non-hydrogen) atoms. The van der Waals surface area contributed by atoms with Crippen molar-refractivity contribution in [1.29, 1.82) is 0 Å². The normalized spacial score (nSPS) is 21.5. The van der Waals surface area contributed by atoms with Gasteiger partial charge in [0.2, 0.25) is 0 Å². The molecule has 1 aliphatic rings. The molecule has 0 aromatic carbocycles. The average Bonchev–Trinajstić information content (AvgIpc) is 2.28. The predicted molar refractivity (Wildman–Crippen MR) is 65.6 cm³/mol. The van der Waals surface area contributed by atoms with Gasteiger partial charge in [-0.1, -0.05) is 17.7 Å². The van der Waals surface area contributed by atoms with E-state index in [4.69, 9.17) is 11.6 Å². The molecule has 1 aromatic heterocycles. The topological polar surface area (TPSA) is 24.9 Å². The first kappa shape index (κ1) is 11.2. The maximum absolute atomic E-state index is 5.83. The van der Waals surface area contributed by atoms with Gasteiger partial charge in [-0.05, 0) is 44.0 Å².